The highest BCUT2D eigenvalue weighted by atomic mass is 32.2. The van der Waals surface area contributed by atoms with E-state index in [0.717, 1.165) is 10.6 Å². The number of thioether (sulfide) groups is 1. The van der Waals surface area contributed by atoms with Crippen LogP contribution in [0.25, 0.3) is 16.4 Å². The Morgan fingerprint density at radius 2 is 2.09 bits per heavy atom. The smallest absolute Gasteiger partial charge is 0.233 e. The minimum absolute atomic E-state index is 0.0389. The van der Waals surface area contributed by atoms with Gasteiger partial charge in [-0.05, 0) is 36.9 Å². The fourth-order valence-corrected chi connectivity index (χ4v) is 7.09. The molecule has 0 saturated carbocycles. The molecule has 1 fully saturated rings. The van der Waals surface area contributed by atoms with E-state index in [2.05, 4.69) is 10.2 Å². The van der Waals surface area contributed by atoms with Gasteiger partial charge in [-0.1, -0.05) is 30.0 Å². The van der Waals surface area contributed by atoms with Crippen LogP contribution in [0.3, 0.4) is 0 Å². The van der Waals surface area contributed by atoms with Crippen molar-refractivity contribution in [2.75, 3.05) is 30.9 Å². The van der Waals surface area contributed by atoms with Gasteiger partial charge in [0, 0.05) is 12.6 Å². The molecule has 0 radical (unpaired) electrons. The molecule has 4 rings (SSSR count). The molecule has 0 bridgehead atoms. The number of carbonyl (C=O) groups is 1. The average molecular weight is 493 g/mol. The van der Waals surface area contributed by atoms with Crippen LogP contribution < -0.4 is 4.74 Å². The van der Waals surface area contributed by atoms with Crippen LogP contribution in [-0.4, -0.2) is 70.9 Å². The highest BCUT2D eigenvalue weighted by Crippen LogP contribution is 2.34. The lowest BCUT2D eigenvalue weighted by molar-refractivity contribution is -0.129. The molecular weight excluding hydrogens is 468 g/mol. The number of para-hydroxylation sites is 2. The first-order chi connectivity index (χ1) is 15.4. The monoisotopic (exact) mass is 492 g/mol. The van der Waals surface area contributed by atoms with Crippen LogP contribution in [0, 0.1) is 0 Å². The fraction of sp³-hybridized carbons (Fsp3) is 0.381. The van der Waals surface area contributed by atoms with E-state index in [9.17, 15) is 13.2 Å². The number of benzene rings is 1. The van der Waals surface area contributed by atoms with Crippen molar-refractivity contribution in [1.82, 2.24) is 19.7 Å². The molecule has 1 amide bonds. The summed E-state index contributed by atoms with van der Waals surface area (Å²) in [4.78, 5) is 15.6. The van der Waals surface area contributed by atoms with Gasteiger partial charge in [-0.2, -0.15) is 0 Å². The van der Waals surface area contributed by atoms with Crippen LogP contribution in [-0.2, 0) is 14.6 Å². The molecule has 1 aliphatic heterocycles. The predicted octanol–water partition coefficient (Wildman–Crippen LogP) is 3.13. The van der Waals surface area contributed by atoms with Crippen molar-refractivity contribution >= 4 is 38.8 Å². The SMILES string of the molecule is CCN(C(=O)CSc1nnc(-c2cccs2)n1-c1ccccc1OC)C1CCS(=O)(=O)C1. The Morgan fingerprint density at radius 3 is 2.75 bits per heavy atom. The number of aromatic nitrogens is 3. The van der Waals surface area contributed by atoms with E-state index in [-0.39, 0.29) is 29.2 Å². The fourth-order valence-electron chi connectivity index (χ4n) is 3.83. The molecule has 1 aromatic carbocycles. The van der Waals surface area contributed by atoms with Gasteiger partial charge in [0.05, 0.1) is 34.9 Å². The molecule has 0 aliphatic carbocycles. The molecule has 170 valence electrons. The van der Waals surface area contributed by atoms with E-state index in [1.807, 2.05) is 53.3 Å². The van der Waals surface area contributed by atoms with Crippen LogP contribution >= 0.6 is 23.1 Å². The van der Waals surface area contributed by atoms with Crippen LogP contribution in [0.4, 0.5) is 0 Å². The number of ether oxygens (including phenoxy) is 1. The molecule has 32 heavy (non-hydrogen) atoms. The van der Waals surface area contributed by atoms with Crippen LogP contribution in [0.2, 0.25) is 0 Å². The molecule has 0 spiro atoms. The third kappa shape index (κ3) is 4.69. The maximum atomic E-state index is 13.0. The van der Waals surface area contributed by atoms with Gasteiger partial charge in [0.2, 0.25) is 5.91 Å². The number of amides is 1. The van der Waals surface area contributed by atoms with E-state index in [4.69, 9.17) is 4.74 Å². The normalized spacial score (nSPS) is 17.4. The highest BCUT2D eigenvalue weighted by molar-refractivity contribution is 7.99. The quantitative estimate of drug-likeness (QED) is 0.446. The summed E-state index contributed by atoms with van der Waals surface area (Å²) in [6.45, 7) is 2.35. The number of rotatable bonds is 8. The van der Waals surface area contributed by atoms with Crippen molar-refractivity contribution < 1.29 is 17.9 Å². The average Bonchev–Trinajstić information content (AvgIpc) is 3.52. The van der Waals surface area contributed by atoms with E-state index in [1.54, 1.807) is 23.3 Å². The molecule has 1 unspecified atom stereocenters. The maximum Gasteiger partial charge on any atom is 0.233 e. The summed E-state index contributed by atoms with van der Waals surface area (Å²) in [6.07, 6.45) is 0.493. The Bertz CT molecular complexity index is 1190. The molecule has 0 N–H and O–H groups in total. The molecule has 11 heteroatoms. The van der Waals surface area contributed by atoms with Crippen molar-refractivity contribution in [2.45, 2.75) is 24.5 Å². The van der Waals surface area contributed by atoms with Crippen LogP contribution in [0.5, 0.6) is 5.75 Å². The number of hydrogen-bond acceptors (Lipinski definition) is 8. The summed E-state index contributed by atoms with van der Waals surface area (Å²) in [5.41, 5.74) is 0.785. The number of sulfone groups is 1. The van der Waals surface area contributed by atoms with Gasteiger partial charge in [-0.15, -0.1) is 21.5 Å². The predicted molar refractivity (Wildman–Crippen MR) is 126 cm³/mol. The van der Waals surface area contributed by atoms with Gasteiger partial charge in [0.25, 0.3) is 0 Å². The first-order valence-corrected chi connectivity index (χ1v) is 13.9. The standard InChI is InChI=1S/C21H24N4O4S3/c1-3-24(15-10-12-32(27,28)14-15)19(26)13-31-21-23-22-20(18-9-6-11-30-18)25(21)16-7-4-5-8-17(16)29-2/h4-9,11,15H,3,10,12-14H2,1-2H3. The molecule has 2 aromatic heterocycles. The minimum atomic E-state index is -3.06. The Kier molecular flexibility index (Phi) is 6.87. The zero-order valence-corrected chi connectivity index (χ0v) is 20.3. The van der Waals surface area contributed by atoms with Crippen molar-refractivity contribution in [3.63, 3.8) is 0 Å². The first kappa shape index (κ1) is 22.8. The summed E-state index contributed by atoms with van der Waals surface area (Å²) < 4.78 is 31.2. The molecule has 1 atom stereocenters. The molecule has 8 nitrogen and oxygen atoms in total. The number of hydrogen-bond donors (Lipinski definition) is 0. The van der Waals surface area contributed by atoms with Gasteiger partial charge in [-0.25, -0.2) is 8.42 Å². The van der Waals surface area contributed by atoms with Crippen LogP contribution in [0.1, 0.15) is 13.3 Å². The lowest BCUT2D eigenvalue weighted by atomic mass is 10.2. The minimum Gasteiger partial charge on any atom is -0.495 e. The van der Waals surface area contributed by atoms with E-state index in [0.29, 0.717) is 29.7 Å². The first-order valence-electron chi connectivity index (χ1n) is 10.2. The van der Waals surface area contributed by atoms with E-state index < -0.39 is 9.84 Å². The van der Waals surface area contributed by atoms with Gasteiger partial charge < -0.3 is 9.64 Å². The molecule has 3 aromatic rings. The molecular formula is C21H24N4O4S3. The summed E-state index contributed by atoms with van der Waals surface area (Å²) in [6, 6.07) is 11.3. The Labute approximate surface area is 195 Å². The second-order valence-corrected chi connectivity index (χ2v) is 11.4. The van der Waals surface area contributed by atoms with Crippen LogP contribution in [0.15, 0.2) is 46.9 Å². The lowest BCUT2D eigenvalue weighted by Crippen LogP contribution is -2.42. The van der Waals surface area contributed by atoms with Crippen molar-refractivity contribution in [1.29, 1.82) is 0 Å². The van der Waals surface area contributed by atoms with Gasteiger partial charge >= 0.3 is 0 Å². The molecule has 1 aliphatic rings. The van der Waals surface area contributed by atoms with Crippen molar-refractivity contribution in [3.8, 4) is 22.1 Å². The van der Waals surface area contributed by atoms with E-state index in [1.165, 1.54) is 11.8 Å². The largest absolute Gasteiger partial charge is 0.495 e. The number of methoxy groups -OCH3 is 1. The zero-order chi connectivity index (χ0) is 22.7. The van der Waals surface area contributed by atoms with Gasteiger partial charge in [0.1, 0.15) is 5.75 Å². The lowest BCUT2D eigenvalue weighted by Gasteiger charge is -2.26. The number of thiophene rings is 1. The summed E-state index contributed by atoms with van der Waals surface area (Å²) in [5.74, 6) is 1.56. The highest BCUT2D eigenvalue weighted by Gasteiger charge is 2.34. The second-order valence-electron chi connectivity index (χ2n) is 7.32. The molecule has 1 saturated heterocycles. The Hall–Kier alpha value is -2.37. The zero-order valence-electron chi connectivity index (χ0n) is 17.8. The van der Waals surface area contributed by atoms with E-state index >= 15 is 0 Å². The summed E-state index contributed by atoms with van der Waals surface area (Å²) in [5, 5.41) is 11.3. The Balaban J connectivity index is 1.61. The van der Waals surface area contributed by atoms with Gasteiger partial charge in [-0.3, -0.25) is 9.36 Å². The molecule has 3 heterocycles. The van der Waals surface area contributed by atoms with Crippen molar-refractivity contribution in [3.05, 3.63) is 41.8 Å². The van der Waals surface area contributed by atoms with Gasteiger partial charge in [0.15, 0.2) is 20.8 Å². The third-order valence-corrected chi connectivity index (χ3v) is 8.87. The maximum absolute atomic E-state index is 13.0. The summed E-state index contributed by atoms with van der Waals surface area (Å²) in [7, 11) is -1.45. The van der Waals surface area contributed by atoms with Crippen molar-refractivity contribution in [2.24, 2.45) is 0 Å². The number of nitrogens with zero attached hydrogens (tertiary/aromatic N) is 4. The topological polar surface area (TPSA) is 94.4 Å². The number of carbonyl (C=O) groups excluding carboxylic acids is 1. The second kappa shape index (κ2) is 9.63. The Morgan fingerprint density at radius 1 is 1.28 bits per heavy atom. The third-order valence-electron chi connectivity index (χ3n) is 5.34. The summed E-state index contributed by atoms with van der Waals surface area (Å²) >= 11 is 2.84.